The van der Waals surface area contributed by atoms with Gasteiger partial charge in [0, 0.05) is 38.1 Å². The van der Waals surface area contributed by atoms with E-state index < -0.39 is 17.9 Å². The van der Waals surface area contributed by atoms with Crippen molar-refractivity contribution in [3.63, 3.8) is 0 Å². The molecule has 3 heterocycles. The predicted octanol–water partition coefficient (Wildman–Crippen LogP) is 3.32. The zero-order valence-corrected chi connectivity index (χ0v) is 17.2. The molecule has 1 saturated heterocycles. The van der Waals surface area contributed by atoms with Gasteiger partial charge in [0.2, 0.25) is 0 Å². The summed E-state index contributed by atoms with van der Waals surface area (Å²) in [6.07, 6.45) is 0.556. The van der Waals surface area contributed by atoms with E-state index in [1.165, 1.54) is 6.07 Å². The Kier molecular flexibility index (Phi) is 5.61. The molecule has 8 nitrogen and oxygen atoms in total. The molecule has 1 fully saturated rings. The average molecular weight is 436 g/mol. The lowest BCUT2D eigenvalue weighted by atomic mass is 10.0. The minimum absolute atomic E-state index is 0.217. The number of imidazole rings is 1. The van der Waals surface area contributed by atoms with Crippen molar-refractivity contribution >= 4 is 11.5 Å². The first-order valence-corrected chi connectivity index (χ1v) is 10.0. The highest BCUT2D eigenvalue weighted by molar-refractivity contribution is 5.72. The van der Waals surface area contributed by atoms with E-state index in [1.807, 2.05) is 7.05 Å². The Balaban J connectivity index is 1.67. The van der Waals surface area contributed by atoms with E-state index in [0.717, 1.165) is 44.6 Å². The molecule has 0 amide bonds. The van der Waals surface area contributed by atoms with Crippen LogP contribution in [0.5, 0.6) is 11.5 Å². The fourth-order valence-electron chi connectivity index (χ4n) is 3.94. The van der Waals surface area contributed by atoms with Crippen molar-refractivity contribution < 1.29 is 23.0 Å². The molecule has 0 spiro atoms. The van der Waals surface area contributed by atoms with Crippen LogP contribution in [0.4, 0.5) is 19.0 Å². The fourth-order valence-corrected chi connectivity index (χ4v) is 3.94. The maximum Gasteiger partial charge on any atom is 0.573 e. The number of halogens is 3. The molecule has 31 heavy (non-hydrogen) atoms. The van der Waals surface area contributed by atoms with Crippen LogP contribution in [-0.4, -0.2) is 68.7 Å². The van der Waals surface area contributed by atoms with E-state index in [9.17, 15) is 18.3 Å². The highest BCUT2D eigenvalue weighted by Crippen LogP contribution is 2.34. The van der Waals surface area contributed by atoms with Gasteiger partial charge in [-0.25, -0.2) is 4.98 Å². The summed E-state index contributed by atoms with van der Waals surface area (Å²) >= 11 is 0. The van der Waals surface area contributed by atoms with Gasteiger partial charge >= 0.3 is 6.36 Å². The van der Waals surface area contributed by atoms with Crippen LogP contribution in [0.1, 0.15) is 19.8 Å². The highest BCUT2D eigenvalue weighted by Gasteiger charge is 2.31. The lowest BCUT2D eigenvalue weighted by molar-refractivity contribution is -0.274. The van der Waals surface area contributed by atoms with Crippen molar-refractivity contribution in [2.24, 2.45) is 0 Å². The first-order chi connectivity index (χ1) is 14.8. The molecule has 3 aromatic rings. The molecular weight excluding hydrogens is 413 g/mol. The van der Waals surface area contributed by atoms with E-state index in [0.29, 0.717) is 11.5 Å². The number of nitrogens with zero attached hydrogens (tertiary/aromatic N) is 6. The lowest BCUT2D eigenvalue weighted by Gasteiger charge is -2.37. The molecular formula is C20H23F3N6O2. The van der Waals surface area contributed by atoms with Crippen LogP contribution in [-0.2, 0) is 0 Å². The van der Waals surface area contributed by atoms with Crippen molar-refractivity contribution in [1.82, 2.24) is 24.5 Å². The molecule has 1 aliphatic heterocycles. The molecule has 1 aromatic carbocycles. The van der Waals surface area contributed by atoms with Gasteiger partial charge in [-0.05, 0) is 38.1 Å². The van der Waals surface area contributed by atoms with Crippen LogP contribution in [0, 0.1) is 0 Å². The molecule has 1 atom stereocenters. The van der Waals surface area contributed by atoms with Crippen LogP contribution in [0.3, 0.4) is 0 Å². The number of ether oxygens (including phenoxy) is 1. The molecule has 0 aliphatic carbocycles. The smallest absolute Gasteiger partial charge is 0.507 e. The van der Waals surface area contributed by atoms with Crippen molar-refractivity contribution in [3.8, 4) is 22.9 Å². The lowest BCUT2D eigenvalue weighted by Crippen LogP contribution is -2.46. The molecule has 0 radical (unpaired) electrons. The number of aromatic nitrogens is 4. The molecule has 1 N–H and O–H groups in total. The summed E-state index contributed by atoms with van der Waals surface area (Å²) in [6.45, 7) is 5.13. The number of phenols is 1. The summed E-state index contributed by atoms with van der Waals surface area (Å²) in [6, 6.07) is 3.59. The van der Waals surface area contributed by atoms with E-state index >= 15 is 0 Å². The Labute approximate surface area is 176 Å². The van der Waals surface area contributed by atoms with Crippen LogP contribution >= 0.6 is 0 Å². The first kappa shape index (κ1) is 21.2. The van der Waals surface area contributed by atoms with Gasteiger partial charge in [-0.15, -0.1) is 23.4 Å². The largest absolute Gasteiger partial charge is 0.573 e. The SMILES string of the molecule is CCN1CCCC(N(C)c2nnc(-c3ccc(OC(F)(F)F)cc3O)n3ccnc23)C1. The molecule has 0 saturated carbocycles. The zero-order valence-electron chi connectivity index (χ0n) is 17.2. The summed E-state index contributed by atoms with van der Waals surface area (Å²) in [7, 11) is 1.96. The Morgan fingerprint density at radius 1 is 1.29 bits per heavy atom. The quantitative estimate of drug-likeness (QED) is 0.657. The van der Waals surface area contributed by atoms with Crippen molar-refractivity contribution in [1.29, 1.82) is 0 Å². The van der Waals surface area contributed by atoms with E-state index in [4.69, 9.17) is 0 Å². The monoisotopic (exact) mass is 436 g/mol. The van der Waals surface area contributed by atoms with Crippen LogP contribution in [0.15, 0.2) is 30.6 Å². The topological polar surface area (TPSA) is 79.0 Å². The zero-order chi connectivity index (χ0) is 22.2. The maximum atomic E-state index is 12.4. The number of likely N-dealkylation sites (N-methyl/N-ethyl adjacent to an activating group) is 2. The minimum Gasteiger partial charge on any atom is -0.507 e. The van der Waals surface area contributed by atoms with Crippen molar-refractivity contribution in [2.45, 2.75) is 32.2 Å². The van der Waals surface area contributed by atoms with E-state index in [2.05, 4.69) is 36.6 Å². The number of hydrogen-bond acceptors (Lipinski definition) is 7. The molecule has 4 rings (SSSR count). The molecule has 1 aliphatic rings. The third kappa shape index (κ3) is 4.36. The summed E-state index contributed by atoms with van der Waals surface area (Å²) < 4.78 is 42.8. The Morgan fingerprint density at radius 3 is 2.81 bits per heavy atom. The number of benzene rings is 1. The van der Waals surface area contributed by atoms with Gasteiger partial charge in [0.25, 0.3) is 0 Å². The van der Waals surface area contributed by atoms with Gasteiger partial charge in [0.1, 0.15) is 11.5 Å². The van der Waals surface area contributed by atoms with Crippen LogP contribution in [0.25, 0.3) is 17.0 Å². The Hall–Kier alpha value is -3.08. The van der Waals surface area contributed by atoms with Gasteiger partial charge in [-0.2, -0.15) is 0 Å². The summed E-state index contributed by atoms with van der Waals surface area (Å²) in [5.74, 6) is -0.0523. The number of aromatic hydroxyl groups is 1. The van der Waals surface area contributed by atoms with Gasteiger partial charge in [0.05, 0.1) is 5.56 Å². The second-order valence-corrected chi connectivity index (χ2v) is 7.50. The fraction of sp³-hybridized carbons (Fsp3) is 0.450. The second-order valence-electron chi connectivity index (χ2n) is 7.50. The third-order valence-corrected chi connectivity index (χ3v) is 5.56. The normalized spacial score (nSPS) is 17.8. The number of rotatable bonds is 5. The molecule has 1 unspecified atom stereocenters. The number of fused-ring (bicyclic) bond motifs is 1. The molecule has 11 heteroatoms. The number of likely N-dealkylation sites (tertiary alicyclic amines) is 1. The first-order valence-electron chi connectivity index (χ1n) is 10.0. The van der Waals surface area contributed by atoms with Crippen LogP contribution in [0.2, 0.25) is 0 Å². The Morgan fingerprint density at radius 2 is 2.10 bits per heavy atom. The number of alkyl halides is 3. The predicted molar refractivity (Wildman–Crippen MR) is 108 cm³/mol. The minimum atomic E-state index is -4.84. The summed E-state index contributed by atoms with van der Waals surface area (Å²) in [5, 5.41) is 18.9. The number of phenolic OH excluding ortho intramolecular Hbond substituents is 1. The van der Waals surface area contributed by atoms with Gasteiger partial charge in [0.15, 0.2) is 17.3 Å². The second kappa shape index (κ2) is 8.22. The number of anilines is 1. The number of piperidine rings is 1. The summed E-state index contributed by atoms with van der Waals surface area (Å²) in [4.78, 5) is 8.86. The standard InChI is InChI=1S/C20H23F3N6O2/c1-3-28-9-4-5-13(12-28)27(2)19-18-24-8-10-29(18)17(25-26-19)15-7-6-14(11-16(15)30)31-20(21,22)23/h6-8,10-11,13,30H,3-5,9,12H2,1-2H3. The average Bonchev–Trinajstić information content (AvgIpc) is 3.22. The molecule has 0 bridgehead atoms. The van der Waals surface area contributed by atoms with Gasteiger partial charge in [-0.1, -0.05) is 6.92 Å². The van der Waals surface area contributed by atoms with Gasteiger partial charge < -0.3 is 19.6 Å². The van der Waals surface area contributed by atoms with Crippen LogP contribution < -0.4 is 9.64 Å². The number of hydrogen-bond donors (Lipinski definition) is 1. The highest BCUT2D eigenvalue weighted by atomic mass is 19.4. The third-order valence-electron chi connectivity index (χ3n) is 5.56. The maximum absolute atomic E-state index is 12.4. The van der Waals surface area contributed by atoms with E-state index in [-0.39, 0.29) is 17.4 Å². The Bertz CT molecular complexity index is 1070. The van der Waals surface area contributed by atoms with Crippen molar-refractivity contribution in [3.05, 3.63) is 30.6 Å². The summed E-state index contributed by atoms with van der Waals surface area (Å²) in [5.41, 5.74) is 0.769. The van der Waals surface area contributed by atoms with Gasteiger partial charge in [-0.3, -0.25) is 4.40 Å². The molecule has 166 valence electrons. The van der Waals surface area contributed by atoms with Crippen molar-refractivity contribution in [2.75, 3.05) is 31.6 Å². The van der Waals surface area contributed by atoms with E-state index in [1.54, 1.807) is 16.8 Å². The molecule has 2 aromatic heterocycles.